The minimum absolute atomic E-state index is 0.106. The van der Waals surface area contributed by atoms with Gasteiger partial charge in [-0.15, -0.1) is 0 Å². The average Bonchev–Trinajstić information content (AvgIpc) is 2.91. The second-order valence-electron chi connectivity index (χ2n) is 8.76. The van der Waals surface area contributed by atoms with Crippen molar-refractivity contribution in [3.05, 3.63) is 0 Å². The highest BCUT2D eigenvalue weighted by atomic mass is 16.6. The normalized spacial score (nSPS) is 20.3. The number of ether oxygens (including phenoxy) is 3. The van der Waals surface area contributed by atoms with Gasteiger partial charge in [0.15, 0.2) is 0 Å². The first-order valence-electron chi connectivity index (χ1n) is 7.72. The topological polar surface area (TPSA) is 48.1 Å². The summed E-state index contributed by atoms with van der Waals surface area (Å²) in [7, 11) is 0. The van der Waals surface area contributed by atoms with Gasteiger partial charge in [0.25, 0.3) is 6.47 Å². The van der Waals surface area contributed by atoms with Crippen LogP contribution in [0.2, 0.25) is 0 Å². The zero-order valence-electron chi connectivity index (χ0n) is 14.9. The Kier molecular flexibility index (Phi) is 5.16. The van der Waals surface area contributed by atoms with Crippen LogP contribution >= 0.6 is 0 Å². The van der Waals surface area contributed by atoms with Gasteiger partial charge < -0.3 is 14.2 Å². The molecule has 0 aromatic heterocycles. The quantitative estimate of drug-likeness (QED) is 0.481. The minimum atomic E-state index is -0.531. The minimum Gasteiger partial charge on any atom is -0.462 e. The molecule has 4 nitrogen and oxygen atoms in total. The highest BCUT2D eigenvalue weighted by Crippen LogP contribution is 2.42. The molecule has 0 amide bonds. The molecule has 1 unspecified atom stereocenters. The fourth-order valence-corrected chi connectivity index (χ4v) is 3.73. The molecule has 0 radical (unpaired) electrons. The summed E-state index contributed by atoms with van der Waals surface area (Å²) >= 11 is 0. The molecule has 4 heteroatoms. The summed E-state index contributed by atoms with van der Waals surface area (Å²) in [4.78, 5) is 10.6. The van der Waals surface area contributed by atoms with Crippen molar-refractivity contribution in [1.29, 1.82) is 0 Å². The Hall–Kier alpha value is -0.610. The van der Waals surface area contributed by atoms with Gasteiger partial charge in [0.05, 0.1) is 23.9 Å². The van der Waals surface area contributed by atoms with E-state index in [0.29, 0.717) is 19.0 Å². The molecular formula is C17H32O4. The van der Waals surface area contributed by atoms with Crippen LogP contribution in [0.25, 0.3) is 0 Å². The molecule has 1 rings (SSSR count). The summed E-state index contributed by atoms with van der Waals surface area (Å²) < 4.78 is 17.0. The van der Waals surface area contributed by atoms with Gasteiger partial charge in [0, 0.05) is 6.42 Å². The van der Waals surface area contributed by atoms with Crippen molar-refractivity contribution in [3.63, 3.8) is 0 Å². The number of hydrogen-bond acceptors (Lipinski definition) is 4. The lowest BCUT2D eigenvalue weighted by Gasteiger charge is -2.42. The van der Waals surface area contributed by atoms with Gasteiger partial charge in [0.1, 0.15) is 5.60 Å². The lowest BCUT2D eigenvalue weighted by Crippen LogP contribution is -2.45. The van der Waals surface area contributed by atoms with Crippen LogP contribution in [0.3, 0.4) is 0 Å². The third-order valence-electron chi connectivity index (χ3n) is 3.86. The number of hydrogen-bond donors (Lipinski definition) is 0. The van der Waals surface area contributed by atoms with Crippen molar-refractivity contribution in [1.82, 2.24) is 0 Å². The molecule has 1 fully saturated rings. The van der Waals surface area contributed by atoms with E-state index in [4.69, 9.17) is 14.2 Å². The maximum Gasteiger partial charge on any atom is 0.293 e. The SMILES string of the molecule is CC(C)(CC(C)(C)OC(C)(C)CC(C)(C)C1CO1)OC=O. The van der Waals surface area contributed by atoms with Crippen molar-refractivity contribution in [2.75, 3.05) is 6.61 Å². The van der Waals surface area contributed by atoms with E-state index >= 15 is 0 Å². The smallest absolute Gasteiger partial charge is 0.293 e. The van der Waals surface area contributed by atoms with Crippen LogP contribution in [0.15, 0.2) is 0 Å². The van der Waals surface area contributed by atoms with E-state index in [1.54, 1.807) is 0 Å². The first-order chi connectivity index (χ1) is 9.29. The van der Waals surface area contributed by atoms with Crippen LogP contribution in [0.5, 0.6) is 0 Å². The summed E-state index contributed by atoms with van der Waals surface area (Å²) in [6, 6.07) is 0. The van der Waals surface area contributed by atoms with Crippen molar-refractivity contribution in [3.8, 4) is 0 Å². The number of rotatable bonds is 9. The zero-order valence-corrected chi connectivity index (χ0v) is 14.9. The van der Waals surface area contributed by atoms with Crippen LogP contribution in [0.1, 0.15) is 68.2 Å². The highest BCUT2D eigenvalue weighted by molar-refractivity contribution is 5.38. The van der Waals surface area contributed by atoms with Gasteiger partial charge in [-0.3, -0.25) is 4.79 Å². The van der Waals surface area contributed by atoms with Gasteiger partial charge in [-0.25, -0.2) is 0 Å². The summed E-state index contributed by atoms with van der Waals surface area (Å²) in [6.07, 6.45) is 1.91. The second-order valence-corrected chi connectivity index (χ2v) is 8.76. The zero-order chi connectivity index (χ0) is 16.5. The highest BCUT2D eigenvalue weighted by Gasteiger charge is 2.45. The van der Waals surface area contributed by atoms with E-state index in [9.17, 15) is 4.79 Å². The second kappa shape index (κ2) is 5.88. The Morgan fingerprint density at radius 3 is 1.86 bits per heavy atom. The number of carbonyl (C=O) groups excluding carboxylic acids is 1. The van der Waals surface area contributed by atoms with Gasteiger partial charge in [-0.1, -0.05) is 13.8 Å². The van der Waals surface area contributed by atoms with E-state index in [0.717, 1.165) is 13.0 Å². The van der Waals surface area contributed by atoms with Crippen LogP contribution < -0.4 is 0 Å². The monoisotopic (exact) mass is 300 g/mol. The van der Waals surface area contributed by atoms with Crippen LogP contribution in [0, 0.1) is 5.41 Å². The van der Waals surface area contributed by atoms with Crippen LogP contribution in [-0.4, -0.2) is 36.0 Å². The van der Waals surface area contributed by atoms with Gasteiger partial charge in [-0.2, -0.15) is 0 Å². The molecule has 0 aliphatic carbocycles. The Bertz CT molecular complexity index is 365. The molecule has 1 heterocycles. The standard InChI is InChI=1S/C17H32O4/c1-14(2,13-9-19-13)10-16(5,6)21-17(7,8)11-15(3,4)20-12-18/h12-13H,9-11H2,1-8H3. The van der Waals surface area contributed by atoms with Gasteiger partial charge >= 0.3 is 0 Å². The predicted molar refractivity (Wildman–Crippen MR) is 83.2 cm³/mol. The molecule has 124 valence electrons. The van der Waals surface area contributed by atoms with Crippen LogP contribution in [-0.2, 0) is 19.0 Å². The summed E-state index contributed by atoms with van der Waals surface area (Å²) in [5.74, 6) is 0. The molecule has 1 atom stereocenters. The predicted octanol–water partition coefficient (Wildman–Crippen LogP) is 3.72. The number of epoxide rings is 1. The lowest BCUT2D eigenvalue weighted by atomic mass is 9.78. The molecular weight excluding hydrogens is 268 g/mol. The Morgan fingerprint density at radius 2 is 1.43 bits per heavy atom. The molecule has 0 saturated carbocycles. The van der Waals surface area contributed by atoms with E-state index in [1.807, 2.05) is 27.7 Å². The molecule has 0 N–H and O–H groups in total. The molecule has 0 spiro atoms. The van der Waals surface area contributed by atoms with Crippen molar-refractivity contribution >= 4 is 6.47 Å². The maximum absolute atomic E-state index is 10.6. The average molecular weight is 300 g/mol. The van der Waals surface area contributed by atoms with E-state index < -0.39 is 5.60 Å². The molecule has 0 bridgehead atoms. The number of carbonyl (C=O) groups is 1. The molecule has 1 aliphatic rings. The van der Waals surface area contributed by atoms with Crippen molar-refractivity contribution in [2.45, 2.75) is 91.1 Å². The Labute approximate surface area is 129 Å². The molecule has 0 aromatic rings. The summed E-state index contributed by atoms with van der Waals surface area (Å²) in [5.41, 5.74) is -1.07. The van der Waals surface area contributed by atoms with E-state index in [-0.39, 0.29) is 16.6 Å². The van der Waals surface area contributed by atoms with Gasteiger partial charge in [0.2, 0.25) is 0 Å². The third-order valence-corrected chi connectivity index (χ3v) is 3.86. The Morgan fingerprint density at radius 1 is 0.952 bits per heavy atom. The Balaban J connectivity index is 2.65. The summed E-state index contributed by atoms with van der Waals surface area (Å²) in [6.45, 7) is 17.9. The summed E-state index contributed by atoms with van der Waals surface area (Å²) in [5, 5.41) is 0. The van der Waals surface area contributed by atoms with Crippen molar-refractivity contribution < 1.29 is 19.0 Å². The molecule has 1 saturated heterocycles. The largest absolute Gasteiger partial charge is 0.462 e. The molecule has 21 heavy (non-hydrogen) atoms. The molecule has 1 aliphatic heterocycles. The first kappa shape index (κ1) is 18.4. The van der Waals surface area contributed by atoms with Crippen molar-refractivity contribution in [2.24, 2.45) is 5.41 Å². The van der Waals surface area contributed by atoms with Gasteiger partial charge in [-0.05, 0) is 53.4 Å². The van der Waals surface area contributed by atoms with Crippen LogP contribution in [0.4, 0.5) is 0 Å². The fourth-order valence-electron chi connectivity index (χ4n) is 3.73. The molecule has 0 aromatic carbocycles. The fraction of sp³-hybridized carbons (Fsp3) is 0.941. The lowest BCUT2D eigenvalue weighted by molar-refractivity contribution is -0.171. The first-order valence-corrected chi connectivity index (χ1v) is 7.72. The maximum atomic E-state index is 10.6. The van der Waals surface area contributed by atoms with E-state index in [2.05, 4.69) is 27.7 Å². The van der Waals surface area contributed by atoms with E-state index in [1.165, 1.54) is 0 Å². The third kappa shape index (κ3) is 6.35.